The predicted molar refractivity (Wildman–Crippen MR) is 69.7 cm³/mol. The van der Waals surface area contributed by atoms with Gasteiger partial charge in [-0.2, -0.15) is 4.39 Å². The van der Waals surface area contributed by atoms with E-state index < -0.39 is 11.6 Å². The van der Waals surface area contributed by atoms with Gasteiger partial charge in [-0.1, -0.05) is 15.9 Å². The van der Waals surface area contributed by atoms with Gasteiger partial charge in [0.05, 0.1) is 0 Å². The second-order valence-corrected chi connectivity index (χ2v) is 4.89. The van der Waals surface area contributed by atoms with Gasteiger partial charge in [0.2, 0.25) is 11.5 Å². The molecule has 0 radical (unpaired) electrons. The van der Waals surface area contributed by atoms with E-state index in [0.29, 0.717) is 15.9 Å². The summed E-state index contributed by atoms with van der Waals surface area (Å²) in [4.78, 5) is 3.97. The number of fused-ring (bicyclic) bond motifs is 1. The van der Waals surface area contributed by atoms with E-state index in [-0.39, 0.29) is 11.6 Å². The van der Waals surface area contributed by atoms with Crippen LogP contribution in [0, 0.1) is 18.6 Å². The Kier molecular flexibility index (Phi) is 3.09. The predicted octanol–water partition coefficient (Wildman–Crippen LogP) is 3.27. The summed E-state index contributed by atoms with van der Waals surface area (Å²) in [5.74, 6) is -1.71. The fourth-order valence-electron chi connectivity index (χ4n) is 1.70. The Morgan fingerprint density at radius 3 is 2.85 bits per heavy atom. The zero-order valence-electron chi connectivity index (χ0n) is 10.1. The van der Waals surface area contributed by atoms with Crippen LogP contribution >= 0.6 is 15.9 Å². The minimum absolute atomic E-state index is 0.0458. The van der Waals surface area contributed by atoms with Gasteiger partial charge in [0.25, 0.3) is 5.88 Å². The van der Waals surface area contributed by atoms with Gasteiger partial charge in [-0.3, -0.25) is 4.40 Å². The zero-order chi connectivity index (χ0) is 14.3. The van der Waals surface area contributed by atoms with Crippen molar-refractivity contribution in [2.24, 2.45) is 0 Å². The number of benzene rings is 1. The van der Waals surface area contributed by atoms with Gasteiger partial charge in [-0.15, -0.1) is 10.2 Å². The van der Waals surface area contributed by atoms with Crippen LogP contribution in [0.5, 0.6) is 11.6 Å². The molecule has 0 saturated heterocycles. The number of nitrogens with zero attached hydrogens (tertiary/aromatic N) is 4. The molecule has 20 heavy (non-hydrogen) atoms. The molecule has 0 fully saturated rings. The first-order valence-electron chi connectivity index (χ1n) is 5.55. The fourth-order valence-corrected chi connectivity index (χ4v) is 2.11. The van der Waals surface area contributed by atoms with Crippen molar-refractivity contribution in [3.8, 4) is 11.6 Å². The number of halogens is 3. The van der Waals surface area contributed by atoms with E-state index in [4.69, 9.17) is 4.74 Å². The molecule has 0 aliphatic heterocycles. The van der Waals surface area contributed by atoms with Gasteiger partial charge in [-0.25, -0.2) is 9.37 Å². The molecule has 1 aromatic carbocycles. The van der Waals surface area contributed by atoms with E-state index in [1.807, 2.05) is 0 Å². The Balaban J connectivity index is 2.10. The zero-order valence-corrected chi connectivity index (χ0v) is 11.7. The molecule has 0 aliphatic carbocycles. The van der Waals surface area contributed by atoms with Crippen LogP contribution in [0.3, 0.4) is 0 Å². The summed E-state index contributed by atoms with van der Waals surface area (Å²) in [6.45, 7) is 1.75. The molecule has 0 atom stereocenters. The first kappa shape index (κ1) is 12.9. The van der Waals surface area contributed by atoms with Crippen molar-refractivity contribution < 1.29 is 13.5 Å². The van der Waals surface area contributed by atoms with Crippen LogP contribution in [0.2, 0.25) is 0 Å². The van der Waals surface area contributed by atoms with Gasteiger partial charge >= 0.3 is 0 Å². The molecule has 0 saturated carbocycles. The maximum Gasteiger partial charge on any atom is 0.265 e. The minimum atomic E-state index is -1.09. The smallest absolute Gasteiger partial charge is 0.265 e. The number of aryl methyl sites for hydroxylation is 1. The van der Waals surface area contributed by atoms with Gasteiger partial charge < -0.3 is 4.74 Å². The summed E-state index contributed by atoms with van der Waals surface area (Å²) in [6, 6.07) is 2.32. The third-order valence-electron chi connectivity index (χ3n) is 2.63. The number of rotatable bonds is 2. The average molecular weight is 341 g/mol. The Bertz CT molecular complexity index is 805. The summed E-state index contributed by atoms with van der Waals surface area (Å²) >= 11 is 3.07. The van der Waals surface area contributed by atoms with Crippen molar-refractivity contribution in [2.45, 2.75) is 6.92 Å². The van der Waals surface area contributed by atoms with Crippen LogP contribution in [-0.4, -0.2) is 19.6 Å². The molecule has 3 rings (SSSR count). The number of hydrogen-bond acceptors (Lipinski definition) is 4. The van der Waals surface area contributed by atoms with E-state index in [1.165, 1.54) is 12.3 Å². The third-order valence-corrected chi connectivity index (χ3v) is 3.09. The molecule has 0 unspecified atom stereocenters. The Hall–Kier alpha value is -2.09. The van der Waals surface area contributed by atoms with Crippen molar-refractivity contribution in [2.75, 3.05) is 0 Å². The highest BCUT2D eigenvalue weighted by Crippen LogP contribution is 2.30. The van der Waals surface area contributed by atoms with Gasteiger partial charge in [0.15, 0.2) is 11.6 Å². The molecule has 5 nitrogen and oxygen atoms in total. The maximum atomic E-state index is 13.7. The van der Waals surface area contributed by atoms with Crippen molar-refractivity contribution in [3.63, 3.8) is 0 Å². The topological polar surface area (TPSA) is 52.3 Å². The summed E-state index contributed by atoms with van der Waals surface area (Å²) < 4.78 is 34.3. The lowest BCUT2D eigenvalue weighted by molar-refractivity contribution is 0.406. The fraction of sp³-hybridized carbons (Fsp3) is 0.0833. The van der Waals surface area contributed by atoms with E-state index in [9.17, 15) is 8.78 Å². The van der Waals surface area contributed by atoms with E-state index in [0.717, 1.165) is 6.07 Å². The summed E-state index contributed by atoms with van der Waals surface area (Å²) in [6.07, 6.45) is 3.11. The highest BCUT2D eigenvalue weighted by molar-refractivity contribution is 9.10. The Morgan fingerprint density at radius 2 is 2.05 bits per heavy atom. The molecule has 0 N–H and O–H groups in total. The highest BCUT2D eigenvalue weighted by atomic mass is 79.9. The molecule has 2 heterocycles. The molecule has 0 aliphatic rings. The minimum Gasteiger partial charge on any atom is -0.433 e. The second-order valence-electron chi connectivity index (χ2n) is 3.98. The first-order chi connectivity index (χ1) is 9.56. The standard InChI is InChI=1S/C12H7BrF2N4O/c1-6-17-18-11-12(16-2-3-19(6)11)20-9-5-7(13)4-8(14)10(9)15/h2-5H,1H3. The molecule has 3 aromatic rings. The maximum absolute atomic E-state index is 13.7. The van der Waals surface area contributed by atoms with E-state index in [2.05, 4.69) is 31.1 Å². The Labute approximate surface area is 120 Å². The average Bonchev–Trinajstić information content (AvgIpc) is 2.78. The summed E-state index contributed by atoms with van der Waals surface area (Å²) in [5, 5.41) is 7.76. The summed E-state index contributed by atoms with van der Waals surface area (Å²) in [7, 11) is 0. The van der Waals surface area contributed by atoms with Crippen LogP contribution in [0.4, 0.5) is 8.78 Å². The number of ether oxygens (including phenoxy) is 1. The van der Waals surface area contributed by atoms with Crippen LogP contribution in [0.15, 0.2) is 29.0 Å². The molecule has 8 heteroatoms. The van der Waals surface area contributed by atoms with Gasteiger partial charge in [0, 0.05) is 16.9 Å². The van der Waals surface area contributed by atoms with E-state index >= 15 is 0 Å². The lowest BCUT2D eigenvalue weighted by Crippen LogP contribution is -1.97. The second kappa shape index (κ2) is 4.78. The molecular formula is C12H7BrF2N4O. The van der Waals surface area contributed by atoms with E-state index in [1.54, 1.807) is 17.5 Å². The molecule has 2 aromatic heterocycles. The van der Waals surface area contributed by atoms with Crippen molar-refractivity contribution >= 4 is 21.6 Å². The van der Waals surface area contributed by atoms with Crippen LogP contribution in [0.1, 0.15) is 5.82 Å². The molecule has 0 spiro atoms. The van der Waals surface area contributed by atoms with Crippen molar-refractivity contribution in [3.05, 3.63) is 46.5 Å². The monoisotopic (exact) mass is 340 g/mol. The SMILES string of the molecule is Cc1nnc2c(Oc3cc(Br)cc(F)c3F)nccn12. The normalized spacial score (nSPS) is 11.0. The third kappa shape index (κ3) is 2.11. The van der Waals surface area contributed by atoms with Gasteiger partial charge in [-0.05, 0) is 19.1 Å². The summed E-state index contributed by atoms with van der Waals surface area (Å²) in [5.41, 5.74) is 0.324. The quantitative estimate of drug-likeness (QED) is 0.672. The number of aromatic nitrogens is 4. The largest absolute Gasteiger partial charge is 0.433 e. The lowest BCUT2D eigenvalue weighted by atomic mass is 10.3. The first-order valence-corrected chi connectivity index (χ1v) is 6.34. The molecule has 0 bridgehead atoms. The lowest BCUT2D eigenvalue weighted by Gasteiger charge is -2.07. The van der Waals surface area contributed by atoms with Crippen LogP contribution < -0.4 is 4.74 Å². The number of hydrogen-bond donors (Lipinski definition) is 0. The molecule has 102 valence electrons. The molecular weight excluding hydrogens is 334 g/mol. The van der Waals surface area contributed by atoms with Crippen molar-refractivity contribution in [1.29, 1.82) is 0 Å². The van der Waals surface area contributed by atoms with Crippen LogP contribution in [0.25, 0.3) is 5.65 Å². The molecule has 0 amide bonds. The van der Waals surface area contributed by atoms with Crippen molar-refractivity contribution in [1.82, 2.24) is 19.6 Å². The highest BCUT2D eigenvalue weighted by Gasteiger charge is 2.16. The van der Waals surface area contributed by atoms with Gasteiger partial charge in [0.1, 0.15) is 5.82 Å². The Morgan fingerprint density at radius 1 is 1.25 bits per heavy atom. The van der Waals surface area contributed by atoms with Crippen LogP contribution in [-0.2, 0) is 0 Å².